The van der Waals surface area contributed by atoms with Crippen molar-refractivity contribution in [3.8, 4) is 0 Å². The van der Waals surface area contributed by atoms with Crippen LogP contribution < -0.4 is 0 Å². The molecule has 1 unspecified atom stereocenters. The van der Waals surface area contributed by atoms with Gasteiger partial charge in [-0.3, -0.25) is 4.90 Å². The third kappa shape index (κ3) is 4.98. The number of methoxy groups -OCH3 is 1. The normalized spacial score (nSPS) is 39.5. The molecule has 0 amide bonds. The van der Waals surface area contributed by atoms with Crippen molar-refractivity contribution in [2.45, 2.75) is 109 Å². The second-order valence-electron chi connectivity index (χ2n) is 12.6. The van der Waals surface area contributed by atoms with Crippen LogP contribution in [0.15, 0.2) is 35.5 Å². The topological polar surface area (TPSA) is 52.9 Å². The third-order valence-electron chi connectivity index (χ3n) is 10.2. The smallest absolute Gasteiger partial charge is 0.0809 e. The number of fused-ring (bicyclic) bond motifs is 1. The Labute approximate surface area is 208 Å². The summed E-state index contributed by atoms with van der Waals surface area (Å²) in [7, 11) is 1.86. The summed E-state index contributed by atoms with van der Waals surface area (Å²) in [5.74, 6) is 2.13. The van der Waals surface area contributed by atoms with Gasteiger partial charge in [-0.05, 0) is 107 Å². The van der Waals surface area contributed by atoms with E-state index in [2.05, 4.69) is 51.3 Å². The van der Waals surface area contributed by atoms with Gasteiger partial charge in [0.25, 0.3) is 0 Å². The first kappa shape index (κ1) is 26.1. The maximum Gasteiger partial charge on any atom is 0.0809 e. The molecule has 7 atom stereocenters. The lowest BCUT2D eigenvalue weighted by molar-refractivity contribution is -0.0469. The molecule has 0 radical (unpaired) electrons. The van der Waals surface area contributed by atoms with Crippen molar-refractivity contribution in [1.82, 2.24) is 4.90 Å². The summed E-state index contributed by atoms with van der Waals surface area (Å²) in [6.07, 6.45) is 13.5. The number of hydrogen-bond acceptors (Lipinski definition) is 4. The lowest BCUT2D eigenvalue weighted by Gasteiger charge is -2.46. The second-order valence-corrected chi connectivity index (χ2v) is 12.6. The first-order chi connectivity index (χ1) is 16.1. The van der Waals surface area contributed by atoms with Crippen LogP contribution >= 0.6 is 0 Å². The van der Waals surface area contributed by atoms with Gasteiger partial charge in [-0.2, -0.15) is 0 Å². The van der Waals surface area contributed by atoms with Crippen LogP contribution in [0.5, 0.6) is 0 Å². The van der Waals surface area contributed by atoms with Gasteiger partial charge in [-0.1, -0.05) is 43.7 Å². The summed E-state index contributed by atoms with van der Waals surface area (Å²) < 4.78 is 5.88. The highest BCUT2D eigenvalue weighted by Crippen LogP contribution is 2.59. The molecule has 2 N–H and O–H groups in total. The highest BCUT2D eigenvalue weighted by Gasteiger charge is 2.51. The summed E-state index contributed by atoms with van der Waals surface area (Å²) in [6.45, 7) is 15.8. The van der Waals surface area contributed by atoms with Crippen molar-refractivity contribution < 1.29 is 14.9 Å². The molecule has 0 aromatic carbocycles. The number of rotatable bonds is 6. The number of aliphatic hydroxyl groups is 2. The van der Waals surface area contributed by atoms with E-state index >= 15 is 0 Å². The number of allylic oxidation sites excluding steroid dienone is 3. The Balaban J connectivity index is 1.45. The van der Waals surface area contributed by atoms with Crippen LogP contribution in [-0.2, 0) is 4.74 Å². The second kappa shape index (κ2) is 10.2. The van der Waals surface area contributed by atoms with Gasteiger partial charge >= 0.3 is 0 Å². The maximum absolute atomic E-state index is 10.2. The van der Waals surface area contributed by atoms with Crippen molar-refractivity contribution in [3.63, 3.8) is 0 Å². The minimum atomic E-state index is -0.612. The predicted octanol–water partition coefficient (Wildman–Crippen LogP) is 5.65. The lowest BCUT2D eigenvalue weighted by Crippen LogP contribution is -2.49. The van der Waals surface area contributed by atoms with Crippen LogP contribution in [0.3, 0.4) is 0 Å². The molecule has 1 aliphatic heterocycles. The van der Waals surface area contributed by atoms with Crippen molar-refractivity contribution in [2.75, 3.05) is 20.2 Å². The average Bonchev–Trinajstić information content (AvgIpc) is 3.40. The zero-order valence-corrected chi connectivity index (χ0v) is 22.4. The van der Waals surface area contributed by atoms with Gasteiger partial charge in [0.2, 0.25) is 0 Å². The van der Waals surface area contributed by atoms with Gasteiger partial charge in [0.15, 0.2) is 0 Å². The average molecular weight is 472 g/mol. The molecule has 4 aliphatic rings. The molecule has 0 spiro atoms. The maximum atomic E-state index is 10.2. The van der Waals surface area contributed by atoms with Crippen LogP contribution in [0.4, 0.5) is 0 Å². The lowest BCUT2D eigenvalue weighted by atomic mass is 9.61. The number of aliphatic hydroxyl groups excluding tert-OH is 2. The largest absolute Gasteiger partial charge is 0.388 e. The Morgan fingerprint density at radius 2 is 1.85 bits per heavy atom. The predicted molar refractivity (Wildman–Crippen MR) is 140 cm³/mol. The number of ether oxygens (including phenoxy) is 1. The van der Waals surface area contributed by atoms with Crippen LogP contribution in [-0.4, -0.2) is 59.2 Å². The van der Waals surface area contributed by atoms with E-state index in [1.54, 1.807) is 5.57 Å². The van der Waals surface area contributed by atoms with E-state index in [0.29, 0.717) is 41.7 Å². The highest BCUT2D eigenvalue weighted by atomic mass is 16.5. The molecule has 4 fully saturated rings. The van der Waals surface area contributed by atoms with Crippen LogP contribution in [0, 0.1) is 23.2 Å². The van der Waals surface area contributed by atoms with Gasteiger partial charge in [0, 0.05) is 19.7 Å². The van der Waals surface area contributed by atoms with E-state index in [0.717, 1.165) is 11.5 Å². The van der Waals surface area contributed by atoms with Gasteiger partial charge < -0.3 is 14.9 Å². The Morgan fingerprint density at radius 1 is 1.15 bits per heavy atom. The molecule has 3 aliphatic carbocycles. The molecule has 1 saturated heterocycles. The Bertz CT molecular complexity index is 798. The summed E-state index contributed by atoms with van der Waals surface area (Å²) in [4.78, 5) is 2.72. The van der Waals surface area contributed by atoms with Crippen molar-refractivity contribution in [3.05, 3.63) is 35.5 Å². The Morgan fingerprint density at radius 3 is 2.53 bits per heavy atom. The molecule has 34 heavy (non-hydrogen) atoms. The number of nitrogens with zero attached hydrogens (tertiary/aromatic N) is 1. The molecule has 4 nitrogen and oxygen atoms in total. The summed E-state index contributed by atoms with van der Waals surface area (Å²) >= 11 is 0. The summed E-state index contributed by atoms with van der Waals surface area (Å²) in [5, 5.41) is 20.4. The summed E-state index contributed by atoms with van der Waals surface area (Å²) in [6, 6.07) is 0.524. The van der Waals surface area contributed by atoms with E-state index in [9.17, 15) is 10.2 Å². The fraction of sp³-hybridized carbons (Fsp3) is 0.800. The fourth-order valence-electron chi connectivity index (χ4n) is 8.10. The summed E-state index contributed by atoms with van der Waals surface area (Å²) in [5.41, 5.74) is 3.62. The minimum absolute atomic E-state index is 0.0841. The van der Waals surface area contributed by atoms with Crippen LogP contribution in [0.25, 0.3) is 0 Å². The molecular weight excluding hydrogens is 422 g/mol. The Hall–Kier alpha value is -0.940. The van der Waals surface area contributed by atoms with E-state index in [-0.39, 0.29) is 5.60 Å². The zero-order chi connectivity index (χ0) is 24.7. The molecular formula is C30H49NO3. The van der Waals surface area contributed by atoms with Gasteiger partial charge in [0.05, 0.1) is 17.8 Å². The molecule has 0 aromatic heterocycles. The van der Waals surface area contributed by atoms with Crippen LogP contribution in [0.1, 0.15) is 85.5 Å². The first-order valence-corrected chi connectivity index (χ1v) is 13.8. The van der Waals surface area contributed by atoms with Gasteiger partial charge in [-0.15, -0.1) is 0 Å². The molecule has 1 heterocycles. The molecule has 4 heteroatoms. The van der Waals surface area contributed by atoms with E-state index in [1.165, 1.54) is 58.0 Å². The van der Waals surface area contributed by atoms with Crippen molar-refractivity contribution in [2.24, 2.45) is 23.2 Å². The molecule has 0 aromatic rings. The van der Waals surface area contributed by atoms with E-state index in [4.69, 9.17) is 4.74 Å². The zero-order valence-electron chi connectivity index (χ0n) is 22.4. The number of likely N-dealkylation sites (tertiary alicyclic amines) is 1. The molecule has 3 saturated carbocycles. The molecule has 4 rings (SSSR count). The first-order valence-electron chi connectivity index (χ1n) is 13.8. The van der Waals surface area contributed by atoms with Crippen LogP contribution in [0.2, 0.25) is 0 Å². The van der Waals surface area contributed by atoms with Crippen molar-refractivity contribution >= 4 is 0 Å². The van der Waals surface area contributed by atoms with E-state index in [1.807, 2.05) is 7.11 Å². The van der Waals surface area contributed by atoms with E-state index < -0.39 is 12.2 Å². The van der Waals surface area contributed by atoms with Crippen molar-refractivity contribution in [1.29, 1.82) is 0 Å². The van der Waals surface area contributed by atoms with Gasteiger partial charge in [-0.25, -0.2) is 0 Å². The molecule has 192 valence electrons. The van der Waals surface area contributed by atoms with Gasteiger partial charge in [0.1, 0.15) is 0 Å². The highest BCUT2D eigenvalue weighted by molar-refractivity contribution is 5.29. The number of hydrogen-bond donors (Lipinski definition) is 2. The monoisotopic (exact) mass is 471 g/mol. The SMILES string of the molecule is C=C1[C@H](O)CC(=C/C=C2\CCC[C@]3(C)[C@@H](C(C)CN4CCC[C@@H]4C(C)(C)OC)CC[C@@H]23)C[C@H]1O. The minimum Gasteiger partial charge on any atom is -0.388 e. The quantitative estimate of drug-likeness (QED) is 0.491. The fourth-order valence-corrected chi connectivity index (χ4v) is 8.10. The third-order valence-corrected chi connectivity index (χ3v) is 10.2. The Kier molecular flexibility index (Phi) is 7.84. The molecule has 0 bridgehead atoms. The standard InChI is InChI=1S/C30H49NO3/c1-20(19-31-16-8-10-28(31)29(3,4)34-6)24-13-14-25-23(9-7-15-30(24,25)5)12-11-22-17-26(32)21(2)27(33)18-22/h11-12,20,24-28,32-33H,2,7-10,13-19H2,1,3-6H3/b23-12+/t20?,24-,25+,26-,27-,28-,30-/m1/s1.